The van der Waals surface area contributed by atoms with Gasteiger partial charge in [0.15, 0.2) is 0 Å². The van der Waals surface area contributed by atoms with Crippen LogP contribution >= 0.6 is 11.8 Å². The number of ether oxygens (including phenoxy) is 1. The summed E-state index contributed by atoms with van der Waals surface area (Å²) < 4.78 is 5.29. The summed E-state index contributed by atoms with van der Waals surface area (Å²) in [4.78, 5) is 14.8. The third kappa shape index (κ3) is 4.42. The van der Waals surface area contributed by atoms with E-state index in [1.165, 1.54) is 16.0 Å². The Labute approximate surface area is 153 Å². The van der Waals surface area contributed by atoms with Crippen LogP contribution in [0.4, 0.5) is 5.69 Å². The molecule has 1 amide bonds. The number of nitrogens with two attached hydrogens (primary N) is 1. The molecule has 132 valence electrons. The van der Waals surface area contributed by atoms with Crippen LogP contribution in [-0.4, -0.2) is 24.7 Å². The number of amides is 1. The van der Waals surface area contributed by atoms with Gasteiger partial charge in [0.2, 0.25) is 5.91 Å². The fourth-order valence-electron chi connectivity index (χ4n) is 2.87. The first-order valence-electron chi connectivity index (χ1n) is 8.49. The van der Waals surface area contributed by atoms with Gasteiger partial charge in [-0.3, -0.25) is 4.79 Å². The summed E-state index contributed by atoms with van der Waals surface area (Å²) in [6, 6.07) is 14.3. The highest BCUT2D eigenvalue weighted by molar-refractivity contribution is 7.99. The molecule has 0 spiro atoms. The Hall–Kier alpha value is -1.82. The second-order valence-electron chi connectivity index (χ2n) is 6.62. The van der Waals surface area contributed by atoms with E-state index in [9.17, 15) is 4.79 Å². The van der Waals surface area contributed by atoms with Crippen LogP contribution in [0, 0.1) is 13.8 Å². The highest BCUT2D eigenvalue weighted by Gasteiger charge is 2.35. The fraction of sp³-hybridized carbons (Fsp3) is 0.350. The molecular weight excluding hydrogens is 332 g/mol. The molecule has 1 saturated heterocycles. The second-order valence-corrected chi connectivity index (χ2v) is 7.73. The number of aryl methyl sites for hydroxylation is 2. The van der Waals surface area contributed by atoms with Gasteiger partial charge in [0, 0.05) is 28.7 Å². The number of anilines is 1. The van der Waals surface area contributed by atoms with E-state index in [0.29, 0.717) is 26.1 Å². The minimum absolute atomic E-state index is 0.134. The van der Waals surface area contributed by atoms with E-state index in [2.05, 4.69) is 37.4 Å². The molecule has 4 nitrogen and oxygen atoms in total. The summed E-state index contributed by atoms with van der Waals surface area (Å²) in [6.45, 7) is 5.30. The molecular formula is C20H24N2O2S. The van der Waals surface area contributed by atoms with Crippen molar-refractivity contribution >= 4 is 23.4 Å². The average Bonchev–Trinajstić information content (AvgIpc) is 2.59. The molecule has 0 saturated carbocycles. The first kappa shape index (κ1) is 18.0. The Morgan fingerprint density at radius 2 is 1.80 bits per heavy atom. The van der Waals surface area contributed by atoms with Gasteiger partial charge in [-0.1, -0.05) is 29.5 Å². The average molecular weight is 356 g/mol. The first-order valence-corrected chi connectivity index (χ1v) is 9.31. The molecule has 1 aliphatic rings. The molecule has 0 aromatic heterocycles. The van der Waals surface area contributed by atoms with Crippen molar-refractivity contribution in [1.82, 2.24) is 0 Å². The van der Waals surface area contributed by atoms with E-state index in [4.69, 9.17) is 10.5 Å². The van der Waals surface area contributed by atoms with Crippen LogP contribution in [0.25, 0.3) is 0 Å². The lowest BCUT2D eigenvalue weighted by atomic mass is 9.90. The minimum atomic E-state index is -0.829. The Morgan fingerprint density at radius 1 is 1.12 bits per heavy atom. The number of hydrogen-bond donors (Lipinski definition) is 2. The molecule has 1 fully saturated rings. The summed E-state index contributed by atoms with van der Waals surface area (Å²) in [5.41, 5.74) is 8.69. The monoisotopic (exact) mass is 356 g/mol. The number of nitrogens with one attached hydrogen (secondary N) is 1. The Balaban J connectivity index is 1.65. The Bertz CT molecular complexity index is 753. The van der Waals surface area contributed by atoms with Crippen LogP contribution in [-0.2, 0) is 9.53 Å². The van der Waals surface area contributed by atoms with Crippen molar-refractivity contribution in [3.8, 4) is 0 Å². The predicted octanol–water partition coefficient (Wildman–Crippen LogP) is 3.90. The molecule has 2 aromatic carbocycles. The highest BCUT2D eigenvalue weighted by atomic mass is 32.2. The third-order valence-corrected chi connectivity index (χ3v) is 5.69. The van der Waals surface area contributed by atoms with E-state index < -0.39 is 5.54 Å². The summed E-state index contributed by atoms with van der Waals surface area (Å²) in [5.74, 6) is -0.134. The van der Waals surface area contributed by atoms with E-state index in [1.54, 1.807) is 11.8 Å². The number of carbonyl (C=O) groups excluding carboxylic acids is 1. The molecule has 3 rings (SSSR count). The van der Waals surface area contributed by atoms with Crippen LogP contribution in [0.15, 0.2) is 52.3 Å². The maximum Gasteiger partial charge on any atom is 0.244 e. The molecule has 0 unspecified atom stereocenters. The first-order chi connectivity index (χ1) is 12.0. The predicted molar refractivity (Wildman–Crippen MR) is 102 cm³/mol. The summed E-state index contributed by atoms with van der Waals surface area (Å²) >= 11 is 1.72. The largest absolute Gasteiger partial charge is 0.381 e. The van der Waals surface area contributed by atoms with Gasteiger partial charge in [-0.15, -0.1) is 0 Å². The smallest absolute Gasteiger partial charge is 0.244 e. The normalized spacial score (nSPS) is 16.4. The molecule has 0 atom stereocenters. The van der Waals surface area contributed by atoms with Crippen LogP contribution in [0.3, 0.4) is 0 Å². The van der Waals surface area contributed by atoms with Gasteiger partial charge in [-0.05, 0) is 62.6 Å². The zero-order valence-corrected chi connectivity index (χ0v) is 15.5. The quantitative estimate of drug-likeness (QED) is 0.872. The third-order valence-electron chi connectivity index (χ3n) is 4.51. The van der Waals surface area contributed by atoms with Gasteiger partial charge < -0.3 is 15.8 Å². The lowest BCUT2D eigenvalue weighted by molar-refractivity contribution is -0.124. The van der Waals surface area contributed by atoms with E-state index >= 15 is 0 Å². The van der Waals surface area contributed by atoms with Crippen LogP contribution < -0.4 is 11.1 Å². The SMILES string of the molecule is Cc1ccc(Sc2ccc(NC(=O)C3(N)CCOCC3)cc2)c(C)c1. The van der Waals surface area contributed by atoms with E-state index in [-0.39, 0.29) is 5.91 Å². The second kappa shape index (κ2) is 7.60. The van der Waals surface area contributed by atoms with Crippen molar-refractivity contribution in [3.63, 3.8) is 0 Å². The Kier molecular flexibility index (Phi) is 5.47. The molecule has 0 radical (unpaired) electrons. The van der Waals surface area contributed by atoms with Gasteiger partial charge in [-0.25, -0.2) is 0 Å². The standard InChI is InChI=1S/C20H24N2O2S/c1-14-3-8-18(15(2)13-14)25-17-6-4-16(5-7-17)22-19(23)20(21)9-11-24-12-10-20/h3-8,13H,9-12,21H2,1-2H3,(H,22,23). The van der Waals surface area contributed by atoms with Gasteiger partial charge in [0.05, 0.1) is 0 Å². The fourth-order valence-corrected chi connectivity index (χ4v) is 3.75. The van der Waals surface area contributed by atoms with Gasteiger partial charge in [0.1, 0.15) is 5.54 Å². The summed E-state index contributed by atoms with van der Waals surface area (Å²) in [5, 5.41) is 2.93. The molecule has 5 heteroatoms. The summed E-state index contributed by atoms with van der Waals surface area (Å²) in [6.07, 6.45) is 1.11. The molecule has 3 N–H and O–H groups in total. The summed E-state index contributed by atoms with van der Waals surface area (Å²) in [7, 11) is 0. The number of benzene rings is 2. The zero-order valence-electron chi connectivity index (χ0n) is 14.7. The van der Waals surface area contributed by atoms with E-state index in [0.717, 1.165) is 10.6 Å². The maximum atomic E-state index is 12.4. The molecule has 25 heavy (non-hydrogen) atoms. The van der Waals surface area contributed by atoms with Gasteiger partial charge in [-0.2, -0.15) is 0 Å². The number of hydrogen-bond acceptors (Lipinski definition) is 4. The maximum absolute atomic E-state index is 12.4. The number of carbonyl (C=O) groups is 1. The van der Waals surface area contributed by atoms with Crippen molar-refractivity contribution < 1.29 is 9.53 Å². The lowest BCUT2D eigenvalue weighted by Crippen LogP contribution is -2.54. The Morgan fingerprint density at radius 3 is 2.44 bits per heavy atom. The molecule has 0 bridgehead atoms. The van der Waals surface area contributed by atoms with Crippen LogP contribution in [0.1, 0.15) is 24.0 Å². The number of rotatable bonds is 4. The van der Waals surface area contributed by atoms with Gasteiger partial charge >= 0.3 is 0 Å². The molecule has 2 aromatic rings. The molecule has 1 aliphatic heterocycles. The minimum Gasteiger partial charge on any atom is -0.381 e. The van der Waals surface area contributed by atoms with Crippen molar-refractivity contribution in [2.24, 2.45) is 5.73 Å². The van der Waals surface area contributed by atoms with Crippen molar-refractivity contribution in [3.05, 3.63) is 53.6 Å². The van der Waals surface area contributed by atoms with E-state index in [1.807, 2.05) is 24.3 Å². The van der Waals surface area contributed by atoms with Crippen LogP contribution in [0.5, 0.6) is 0 Å². The lowest BCUT2D eigenvalue weighted by Gasteiger charge is -2.31. The van der Waals surface area contributed by atoms with Crippen molar-refractivity contribution in [1.29, 1.82) is 0 Å². The topological polar surface area (TPSA) is 64.4 Å². The van der Waals surface area contributed by atoms with Gasteiger partial charge in [0.25, 0.3) is 0 Å². The highest BCUT2D eigenvalue weighted by Crippen LogP contribution is 2.31. The molecule has 0 aliphatic carbocycles. The molecule has 1 heterocycles. The van der Waals surface area contributed by atoms with Crippen molar-refractivity contribution in [2.45, 2.75) is 42.0 Å². The zero-order chi connectivity index (χ0) is 17.9. The van der Waals surface area contributed by atoms with Crippen LogP contribution in [0.2, 0.25) is 0 Å². The van der Waals surface area contributed by atoms with Crippen molar-refractivity contribution in [2.75, 3.05) is 18.5 Å².